The zero-order chi connectivity index (χ0) is 19.6. The molecule has 4 N–H and O–H groups in total. The van der Waals surface area contributed by atoms with E-state index in [1.807, 2.05) is 0 Å². The van der Waals surface area contributed by atoms with Crippen LogP contribution in [0.5, 0.6) is 0 Å². The van der Waals surface area contributed by atoms with E-state index in [-0.39, 0.29) is 5.84 Å². The lowest BCUT2D eigenvalue weighted by atomic mass is 10.1. The standard InChI is InChI=1S/C17H15F3N6O/c1-26-15(23-12-6-7-13(22-9-12)16(21)25-27)8-14(24-26)10-2-4-11(5-3-10)17(18,19)20/h2-9,23,27H,1H3,(H2,21,25). The van der Waals surface area contributed by atoms with E-state index in [0.29, 0.717) is 28.5 Å². The number of nitrogens with two attached hydrogens (primary N) is 1. The molecule has 3 aromatic rings. The fourth-order valence-electron chi connectivity index (χ4n) is 2.37. The van der Waals surface area contributed by atoms with Crippen molar-refractivity contribution in [2.45, 2.75) is 6.18 Å². The minimum atomic E-state index is -4.38. The van der Waals surface area contributed by atoms with Gasteiger partial charge in [-0.1, -0.05) is 17.3 Å². The molecule has 0 saturated heterocycles. The highest BCUT2D eigenvalue weighted by molar-refractivity contribution is 5.95. The van der Waals surface area contributed by atoms with Crippen LogP contribution in [0.2, 0.25) is 0 Å². The van der Waals surface area contributed by atoms with Crippen molar-refractivity contribution in [1.82, 2.24) is 14.8 Å². The van der Waals surface area contributed by atoms with Crippen LogP contribution >= 0.6 is 0 Å². The Hall–Kier alpha value is -3.56. The highest BCUT2D eigenvalue weighted by Gasteiger charge is 2.30. The Labute approximate surface area is 151 Å². The maximum atomic E-state index is 12.7. The summed E-state index contributed by atoms with van der Waals surface area (Å²) in [4.78, 5) is 4.06. The smallest absolute Gasteiger partial charge is 0.409 e. The summed E-state index contributed by atoms with van der Waals surface area (Å²) in [5, 5.41) is 18.9. The van der Waals surface area contributed by atoms with Crippen molar-refractivity contribution in [2.24, 2.45) is 17.9 Å². The first-order valence-electron chi connectivity index (χ1n) is 7.70. The molecule has 27 heavy (non-hydrogen) atoms. The summed E-state index contributed by atoms with van der Waals surface area (Å²) in [5.41, 5.74) is 6.78. The second kappa shape index (κ2) is 6.98. The van der Waals surface area contributed by atoms with E-state index in [0.717, 1.165) is 12.1 Å². The molecule has 0 fully saturated rings. The van der Waals surface area contributed by atoms with Gasteiger partial charge in [0.25, 0.3) is 0 Å². The number of anilines is 2. The average Bonchev–Trinajstić information content (AvgIpc) is 3.01. The van der Waals surface area contributed by atoms with E-state index in [4.69, 9.17) is 10.9 Å². The van der Waals surface area contributed by atoms with Crippen molar-refractivity contribution in [1.29, 1.82) is 0 Å². The number of pyridine rings is 1. The molecule has 0 radical (unpaired) electrons. The number of hydrogen-bond acceptors (Lipinski definition) is 5. The number of amidine groups is 1. The molecule has 0 bridgehead atoms. The monoisotopic (exact) mass is 376 g/mol. The van der Waals surface area contributed by atoms with E-state index in [9.17, 15) is 13.2 Å². The van der Waals surface area contributed by atoms with Gasteiger partial charge in [-0.05, 0) is 24.3 Å². The number of benzene rings is 1. The van der Waals surface area contributed by atoms with Crippen LogP contribution in [-0.2, 0) is 13.2 Å². The number of nitrogens with zero attached hydrogens (tertiary/aromatic N) is 4. The second-order valence-electron chi connectivity index (χ2n) is 5.66. The van der Waals surface area contributed by atoms with Gasteiger partial charge in [0.05, 0.1) is 23.1 Å². The summed E-state index contributed by atoms with van der Waals surface area (Å²) in [7, 11) is 1.70. The molecule has 1 aromatic carbocycles. The first-order valence-corrected chi connectivity index (χ1v) is 7.70. The second-order valence-corrected chi connectivity index (χ2v) is 5.66. The minimum Gasteiger partial charge on any atom is -0.409 e. The molecule has 2 aromatic heterocycles. The molecule has 3 rings (SSSR count). The van der Waals surface area contributed by atoms with Gasteiger partial charge in [0.2, 0.25) is 0 Å². The van der Waals surface area contributed by atoms with Crippen molar-refractivity contribution in [3.05, 3.63) is 59.9 Å². The summed E-state index contributed by atoms with van der Waals surface area (Å²) < 4.78 is 39.6. The van der Waals surface area contributed by atoms with Gasteiger partial charge in [-0.2, -0.15) is 18.3 Å². The molecule has 0 aliphatic rings. The molecular formula is C17H15F3N6O. The van der Waals surface area contributed by atoms with E-state index in [1.165, 1.54) is 18.3 Å². The van der Waals surface area contributed by atoms with Crippen LogP contribution in [-0.4, -0.2) is 25.8 Å². The molecule has 0 aliphatic carbocycles. The number of alkyl halides is 3. The summed E-state index contributed by atoms with van der Waals surface area (Å²) in [6.07, 6.45) is -2.88. The molecule has 140 valence electrons. The van der Waals surface area contributed by atoms with Crippen LogP contribution in [0.15, 0.2) is 53.8 Å². The molecular weight excluding hydrogens is 361 g/mol. The Bertz CT molecular complexity index is 962. The number of aromatic nitrogens is 3. The Morgan fingerprint density at radius 1 is 1.19 bits per heavy atom. The average molecular weight is 376 g/mol. The molecule has 0 atom stereocenters. The highest BCUT2D eigenvalue weighted by Crippen LogP contribution is 2.31. The van der Waals surface area contributed by atoms with Crippen molar-refractivity contribution in [2.75, 3.05) is 5.32 Å². The van der Waals surface area contributed by atoms with E-state index in [1.54, 1.807) is 29.9 Å². The number of rotatable bonds is 4. The summed E-state index contributed by atoms with van der Waals surface area (Å²) in [6, 6.07) is 9.76. The highest BCUT2D eigenvalue weighted by atomic mass is 19.4. The third kappa shape index (κ3) is 4.00. The van der Waals surface area contributed by atoms with Crippen molar-refractivity contribution < 1.29 is 18.4 Å². The minimum absolute atomic E-state index is 0.105. The van der Waals surface area contributed by atoms with Crippen LogP contribution in [0.3, 0.4) is 0 Å². The van der Waals surface area contributed by atoms with Crippen LogP contribution in [0, 0.1) is 0 Å². The summed E-state index contributed by atoms with van der Waals surface area (Å²) >= 11 is 0. The zero-order valence-electron chi connectivity index (χ0n) is 14.1. The molecule has 0 saturated carbocycles. The Morgan fingerprint density at radius 2 is 1.89 bits per heavy atom. The normalized spacial score (nSPS) is 12.2. The zero-order valence-corrected chi connectivity index (χ0v) is 14.1. The fourth-order valence-corrected chi connectivity index (χ4v) is 2.37. The molecule has 0 spiro atoms. The van der Waals surface area contributed by atoms with E-state index >= 15 is 0 Å². The van der Waals surface area contributed by atoms with E-state index in [2.05, 4.69) is 20.6 Å². The van der Waals surface area contributed by atoms with Gasteiger partial charge in [0, 0.05) is 18.7 Å². The Balaban J connectivity index is 1.80. The van der Waals surface area contributed by atoms with Gasteiger partial charge < -0.3 is 16.3 Å². The molecule has 0 amide bonds. The van der Waals surface area contributed by atoms with Gasteiger partial charge in [-0.15, -0.1) is 0 Å². The SMILES string of the molecule is Cn1nc(-c2ccc(C(F)(F)F)cc2)cc1Nc1ccc(/C(N)=N\O)nc1. The quantitative estimate of drug-likeness (QED) is 0.281. The lowest BCUT2D eigenvalue weighted by Gasteiger charge is -2.06. The van der Waals surface area contributed by atoms with Crippen LogP contribution in [0.25, 0.3) is 11.3 Å². The molecule has 0 aliphatic heterocycles. The fraction of sp³-hybridized carbons (Fsp3) is 0.118. The molecule has 10 heteroatoms. The van der Waals surface area contributed by atoms with Crippen molar-refractivity contribution in [3.8, 4) is 11.3 Å². The lowest BCUT2D eigenvalue weighted by Crippen LogP contribution is -2.14. The molecule has 7 nitrogen and oxygen atoms in total. The van der Waals surface area contributed by atoms with Gasteiger partial charge in [0.15, 0.2) is 5.84 Å². The van der Waals surface area contributed by atoms with Crippen molar-refractivity contribution in [3.63, 3.8) is 0 Å². The van der Waals surface area contributed by atoms with Gasteiger partial charge in [-0.25, -0.2) is 0 Å². The van der Waals surface area contributed by atoms with Crippen molar-refractivity contribution >= 4 is 17.3 Å². The van der Waals surface area contributed by atoms with Crippen LogP contribution in [0.1, 0.15) is 11.3 Å². The first kappa shape index (κ1) is 18.2. The number of aryl methyl sites for hydroxylation is 1. The summed E-state index contributed by atoms with van der Waals surface area (Å²) in [6.45, 7) is 0. The number of oxime groups is 1. The maximum absolute atomic E-state index is 12.7. The van der Waals surface area contributed by atoms with Crippen LogP contribution < -0.4 is 11.1 Å². The predicted octanol–water partition coefficient (Wildman–Crippen LogP) is 3.34. The topological polar surface area (TPSA) is 101 Å². The summed E-state index contributed by atoms with van der Waals surface area (Å²) in [5.74, 6) is 0.509. The molecule has 2 heterocycles. The third-order valence-electron chi connectivity index (χ3n) is 3.79. The number of halogens is 3. The van der Waals surface area contributed by atoms with Crippen LogP contribution in [0.4, 0.5) is 24.7 Å². The largest absolute Gasteiger partial charge is 0.416 e. The van der Waals surface area contributed by atoms with Gasteiger partial charge in [0.1, 0.15) is 11.5 Å². The third-order valence-corrected chi connectivity index (χ3v) is 3.79. The van der Waals surface area contributed by atoms with Gasteiger partial charge in [-0.3, -0.25) is 9.67 Å². The Morgan fingerprint density at radius 3 is 2.44 bits per heavy atom. The maximum Gasteiger partial charge on any atom is 0.416 e. The lowest BCUT2D eigenvalue weighted by molar-refractivity contribution is -0.137. The predicted molar refractivity (Wildman–Crippen MR) is 93.7 cm³/mol. The number of hydrogen-bond donors (Lipinski definition) is 3. The molecule has 0 unspecified atom stereocenters. The first-order chi connectivity index (χ1) is 12.8. The van der Waals surface area contributed by atoms with Gasteiger partial charge >= 0.3 is 6.18 Å². The van der Waals surface area contributed by atoms with E-state index < -0.39 is 11.7 Å². The number of nitrogens with one attached hydrogen (secondary N) is 1. The Kier molecular flexibility index (Phi) is 4.72.